The molecule has 0 saturated carbocycles. The van der Waals surface area contributed by atoms with Crippen LogP contribution in [0.2, 0.25) is 0 Å². The first-order chi connectivity index (χ1) is 6.33. The highest BCUT2D eigenvalue weighted by molar-refractivity contribution is 4.68. The van der Waals surface area contributed by atoms with E-state index in [0.29, 0.717) is 13.2 Å². The standard InChI is InChI=1S/C6H10O.C5H13N/c1-3-5-7-6-4-2;1-2-3-4-5-6/h3-4H,1-2,5-6H2;2-6H2,1H3. The van der Waals surface area contributed by atoms with E-state index in [0.717, 1.165) is 6.54 Å². The van der Waals surface area contributed by atoms with Crippen molar-refractivity contribution in [2.45, 2.75) is 26.2 Å². The first kappa shape index (κ1) is 14.9. The van der Waals surface area contributed by atoms with Crippen molar-refractivity contribution in [3.05, 3.63) is 25.3 Å². The van der Waals surface area contributed by atoms with E-state index in [4.69, 9.17) is 10.5 Å². The van der Waals surface area contributed by atoms with Gasteiger partial charge in [-0.3, -0.25) is 0 Å². The van der Waals surface area contributed by atoms with Crippen LogP contribution in [0.25, 0.3) is 0 Å². The highest BCUT2D eigenvalue weighted by Gasteiger charge is 1.75. The lowest BCUT2D eigenvalue weighted by molar-refractivity contribution is 0.194. The molecule has 78 valence electrons. The number of nitrogens with two attached hydrogens (primary N) is 1. The molecular formula is C11H23NO. The highest BCUT2D eigenvalue weighted by atomic mass is 16.5. The molecule has 0 radical (unpaired) electrons. The minimum Gasteiger partial charge on any atom is -0.373 e. The van der Waals surface area contributed by atoms with E-state index in [9.17, 15) is 0 Å². The molecule has 0 amide bonds. The predicted molar refractivity (Wildman–Crippen MR) is 59.8 cm³/mol. The number of ether oxygens (including phenoxy) is 1. The number of hydrogen-bond donors (Lipinski definition) is 1. The lowest BCUT2D eigenvalue weighted by atomic mass is 10.3. The number of rotatable bonds is 7. The molecule has 0 aromatic heterocycles. The summed E-state index contributed by atoms with van der Waals surface area (Å²) in [5.74, 6) is 0. The smallest absolute Gasteiger partial charge is 0.0649 e. The van der Waals surface area contributed by atoms with E-state index in [1.807, 2.05) is 0 Å². The van der Waals surface area contributed by atoms with Crippen molar-refractivity contribution in [2.24, 2.45) is 5.73 Å². The van der Waals surface area contributed by atoms with Crippen LogP contribution in [-0.4, -0.2) is 19.8 Å². The minimum absolute atomic E-state index is 0.617. The topological polar surface area (TPSA) is 35.2 Å². The van der Waals surface area contributed by atoms with Gasteiger partial charge in [-0.05, 0) is 13.0 Å². The third-order valence-corrected chi connectivity index (χ3v) is 1.28. The van der Waals surface area contributed by atoms with E-state index in [-0.39, 0.29) is 0 Å². The van der Waals surface area contributed by atoms with Crippen LogP contribution in [-0.2, 0) is 4.74 Å². The van der Waals surface area contributed by atoms with Gasteiger partial charge in [0.15, 0.2) is 0 Å². The van der Waals surface area contributed by atoms with Gasteiger partial charge in [0.25, 0.3) is 0 Å². The summed E-state index contributed by atoms with van der Waals surface area (Å²) in [4.78, 5) is 0. The van der Waals surface area contributed by atoms with Gasteiger partial charge in [0.2, 0.25) is 0 Å². The van der Waals surface area contributed by atoms with Crippen molar-refractivity contribution in [2.75, 3.05) is 19.8 Å². The SMILES string of the molecule is C=CCOCC=C.CCCCCN. The Bertz CT molecular complexity index is 90.3. The first-order valence-electron chi connectivity index (χ1n) is 4.83. The number of unbranched alkanes of at least 4 members (excludes halogenated alkanes) is 2. The highest BCUT2D eigenvalue weighted by Crippen LogP contribution is 1.88. The Morgan fingerprint density at radius 1 is 1.15 bits per heavy atom. The molecule has 2 N–H and O–H groups in total. The van der Waals surface area contributed by atoms with Crippen LogP contribution in [0.15, 0.2) is 25.3 Å². The maximum atomic E-state index is 5.21. The second-order valence-corrected chi connectivity index (χ2v) is 2.61. The summed E-state index contributed by atoms with van der Waals surface area (Å²) in [6.07, 6.45) is 7.18. The summed E-state index contributed by atoms with van der Waals surface area (Å²) >= 11 is 0. The fourth-order valence-electron chi connectivity index (χ4n) is 0.629. The van der Waals surface area contributed by atoms with Gasteiger partial charge in [-0.25, -0.2) is 0 Å². The molecule has 0 heterocycles. The second kappa shape index (κ2) is 17.5. The lowest BCUT2D eigenvalue weighted by Gasteiger charge is -1.89. The van der Waals surface area contributed by atoms with Crippen molar-refractivity contribution in [3.63, 3.8) is 0 Å². The van der Waals surface area contributed by atoms with Crippen LogP contribution < -0.4 is 5.73 Å². The predicted octanol–water partition coefficient (Wildman–Crippen LogP) is 2.51. The van der Waals surface area contributed by atoms with E-state index in [2.05, 4.69) is 20.1 Å². The molecule has 0 aliphatic heterocycles. The Kier molecular flexibility index (Phi) is 20.0. The van der Waals surface area contributed by atoms with Crippen molar-refractivity contribution in [3.8, 4) is 0 Å². The zero-order valence-electron chi connectivity index (χ0n) is 8.80. The molecule has 0 saturated heterocycles. The summed E-state index contributed by atoms with van der Waals surface area (Å²) in [6, 6.07) is 0. The first-order valence-corrected chi connectivity index (χ1v) is 4.83. The maximum Gasteiger partial charge on any atom is 0.0649 e. The average Bonchev–Trinajstić information content (AvgIpc) is 2.17. The fraction of sp³-hybridized carbons (Fsp3) is 0.636. The quantitative estimate of drug-likeness (QED) is 0.488. The third-order valence-electron chi connectivity index (χ3n) is 1.28. The van der Waals surface area contributed by atoms with Crippen LogP contribution in [0.4, 0.5) is 0 Å². The summed E-state index contributed by atoms with van der Waals surface area (Å²) in [6.45, 7) is 11.2. The molecule has 0 fully saturated rings. The molecule has 0 aliphatic carbocycles. The van der Waals surface area contributed by atoms with Gasteiger partial charge in [-0.2, -0.15) is 0 Å². The van der Waals surface area contributed by atoms with Gasteiger partial charge in [-0.15, -0.1) is 13.2 Å². The lowest BCUT2D eigenvalue weighted by Crippen LogP contribution is -1.96. The molecule has 13 heavy (non-hydrogen) atoms. The molecule has 0 unspecified atom stereocenters. The monoisotopic (exact) mass is 185 g/mol. The molecule has 0 rings (SSSR count). The van der Waals surface area contributed by atoms with Crippen molar-refractivity contribution >= 4 is 0 Å². The van der Waals surface area contributed by atoms with Gasteiger partial charge < -0.3 is 10.5 Å². The maximum absolute atomic E-state index is 5.21. The molecule has 0 spiro atoms. The summed E-state index contributed by atoms with van der Waals surface area (Å²) in [5.41, 5.74) is 5.21. The Morgan fingerprint density at radius 3 is 1.92 bits per heavy atom. The normalized spacial score (nSPS) is 8.46. The van der Waals surface area contributed by atoms with E-state index >= 15 is 0 Å². The average molecular weight is 185 g/mol. The van der Waals surface area contributed by atoms with E-state index in [1.165, 1.54) is 19.3 Å². The number of hydrogen-bond acceptors (Lipinski definition) is 2. The Hall–Kier alpha value is -0.600. The van der Waals surface area contributed by atoms with Gasteiger partial charge >= 0.3 is 0 Å². The van der Waals surface area contributed by atoms with Gasteiger partial charge in [0, 0.05) is 0 Å². The third kappa shape index (κ3) is 24.6. The van der Waals surface area contributed by atoms with Crippen LogP contribution in [0.1, 0.15) is 26.2 Å². The minimum atomic E-state index is 0.617. The Balaban J connectivity index is 0. The summed E-state index contributed by atoms with van der Waals surface area (Å²) in [7, 11) is 0. The van der Waals surface area contributed by atoms with Gasteiger partial charge in [0.05, 0.1) is 13.2 Å². The van der Waals surface area contributed by atoms with Crippen LogP contribution in [0, 0.1) is 0 Å². The largest absolute Gasteiger partial charge is 0.373 e. The molecule has 0 aromatic rings. The van der Waals surface area contributed by atoms with Crippen molar-refractivity contribution in [1.82, 2.24) is 0 Å². The molecule has 0 atom stereocenters. The zero-order valence-corrected chi connectivity index (χ0v) is 8.80. The second-order valence-electron chi connectivity index (χ2n) is 2.61. The molecule has 2 heteroatoms. The Labute approximate surface area is 82.5 Å². The zero-order chi connectivity index (χ0) is 10.4. The molecule has 2 nitrogen and oxygen atoms in total. The molecule has 0 aromatic carbocycles. The summed E-state index contributed by atoms with van der Waals surface area (Å²) < 4.78 is 4.90. The van der Waals surface area contributed by atoms with E-state index in [1.54, 1.807) is 12.2 Å². The van der Waals surface area contributed by atoms with Crippen molar-refractivity contribution in [1.29, 1.82) is 0 Å². The summed E-state index contributed by atoms with van der Waals surface area (Å²) in [5, 5.41) is 0. The molecule has 0 bridgehead atoms. The fourth-order valence-corrected chi connectivity index (χ4v) is 0.629. The molecular weight excluding hydrogens is 162 g/mol. The van der Waals surface area contributed by atoms with Crippen molar-refractivity contribution < 1.29 is 4.74 Å². The Morgan fingerprint density at radius 2 is 1.69 bits per heavy atom. The van der Waals surface area contributed by atoms with E-state index < -0.39 is 0 Å². The van der Waals surface area contributed by atoms with Crippen LogP contribution in [0.5, 0.6) is 0 Å². The van der Waals surface area contributed by atoms with Crippen LogP contribution in [0.3, 0.4) is 0 Å². The van der Waals surface area contributed by atoms with Gasteiger partial charge in [0.1, 0.15) is 0 Å². The molecule has 0 aliphatic rings. The van der Waals surface area contributed by atoms with Crippen LogP contribution >= 0.6 is 0 Å². The van der Waals surface area contributed by atoms with Gasteiger partial charge in [-0.1, -0.05) is 31.9 Å².